The first-order chi connectivity index (χ1) is 4.13. The van der Waals surface area contributed by atoms with E-state index in [9.17, 15) is 9.59 Å². The molecule has 0 atom stereocenters. The Bertz CT molecular complexity index is 108. The summed E-state index contributed by atoms with van der Waals surface area (Å²) >= 11 is -0.944. The largest absolute Gasteiger partial charge is 0.885 e. The summed E-state index contributed by atoms with van der Waals surface area (Å²) in [6.45, 7) is 2.52. The third-order valence-electron chi connectivity index (χ3n) is 0.428. The van der Waals surface area contributed by atoms with Gasteiger partial charge in [-0.3, -0.25) is 9.59 Å². The Morgan fingerprint density at radius 2 is 1.44 bits per heavy atom. The number of carbonyl (C=O) groups excluding carboxylic acids is 2. The highest BCUT2D eigenvalue weighted by Crippen LogP contribution is 1.75. The van der Waals surface area contributed by atoms with Gasteiger partial charge in [-0.05, 0) is 0 Å². The lowest BCUT2D eigenvalue weighted by atomic mass is 10.9. The van der Waals surface area contributed by atoms with Gasteiger partial charge in [0.1, 0.15) is 0 Å². The monoisotopic (exact) mass is 145 g/mol. The van der Waals surface area contributed by atoms with E-state index in [-0.39, 0.29) is 0 Å². The molecule has 0 aromatic heterocycles. The van der Waals surface area contributed by atoms with Crippen LogP contribution in [0, 0.1) is 0 Å². The zero-order chi connectivity index (χ0) is 7.28. The standard InChI is InChI=1S/2C2H4O2.Al/c2*1-2(3)4;/h2*1H3,(H,3,4);/q;;+2/p-2. The van der Waals surface area contributed by atoms with Gasteiger partial charge in [-0.2, -0.15) is 0 Å². The van der Waals surface area contributed by atoms with Crippen LogP contribution < -0.4 is 0 Å². The van der Waals surface area contributed by atoms with Crippen molar-refractivity contribution in [3.63, 3.8) is 0 Å². The van der Waals surface area contributed by atoms with Crippen LogP contribution in [0.15, 0.2) is 0 Å². The summed E-state index contributed by atoms with van der Waals surface area (Å²) in [5, 5.41) is 0. The first kappa shape index (κ1) is 8.47. The molecule has 0 aliphatic carbocycles. The molecule has 4 nitrogen and oxygen atoms in total. The van der Waals surface area contributed by atoms with Crippen molar-refractivity contribution < 1.29 is 17.2 Å². The van der Waals surface area contributed by atoms with E-state index in [4.69, 9.17) is 0 Å². The minimum Gasteiger partial charge on any atom is -0.590 e. The molecular weight excluding hydrogens is 139 g/mol. The van der Waals surface area contributed by atoms with Crippen molar-refractivity contribution in [2.24, 2.45) is 0 Å². The summed E-state index contributed by atoms with van der Waals surface area (Å²) in [4.78, 5) is 20.1. The Balaban J connectivity index is 3.10. The Morgan fingerprint density at radius 1 is 1.11 bits per heavy atom. The number of hydrogen-bond donors (Lipinski definition) is 0. The molecule has 0 heterocycles. The van der Waals surface area contributed by atoms with Crippen molar-refractivity contribution in [3.8, 4) is 0 Å². The van der Waals surface area contributed by atoms with Crippen LogP contribution in [0.25, 0.3) is 0 Å². The van der Waals surface area contributed by atoms with E-state index in [1.807, 2.05) is 0 Å². The molecule has 0 spiro atoms. The summed E-state index contributed by atoms with van der Waals surface area (Å²) < 4.78 is 8.71. The number of rotatable bonds is 2. The molecular formula is C4H6AlO4. The molecule has 0 bridgehead atoms. The average Bonchev–Trinajstić information content (AvgIpc) is 1.63. The van der Waals surface area contributed by atoms with Gasteiger partial charge in [0.15, 0.2) is 0 Å². The predicted molar refractivity (Wildman–Crippen MR) is 29.3 cm³/mol. The quantitative estimate of drug-likeness (QED) is 0.498. The second-order valence-electron chi connectivity index (χ2n) is 1.32. The number of hydrogen-bond acceptors (Lipinski definition) is 4. The lowest BCUT2D eigenvalue weighted by Crippen LogP contribution is -2.11. The van der Waals surface area contributed by atoms with E-state index in [0.717, 1.165) is 0 Å². The molecule has 5 heteroatoms. The zero-order valence-corrected chi connectivity index (χ0v) is 6.37. The molecule has 0 saturated carbocycles. The average molecular weight is 145 g/mol. The topological polar surface area (TPSA) is 52.6 Å². The Hall–Kier alpha value is -0.528. The molecule has 0 aromatic rings. The van der Waals surface area contributed by atoms with Gasteiger partial charge in [0, 0.05) is 13.8 Å². The smallest absolute Gasteiger partial charge is 0.590 e. The lowest BCUT2D eigenvalue weighted by Gasteiger charge is -1.97. The van der Waals surface area contributed by atoms with E-state index in [1.165, 1.54) is 13.8 Å². The van der Waals surface area contributed by atoms with Crippen LogP contribution in [0.2, 0.25) is 0 Å². The Kier molecular flexibility index (Phi) is 4.11. The SMILES string of the molecule is CC(=O)[O][Al][O]C(C)=O. The van der Waals surface area contributed by atoms with Crippen molar-refractivity contribution in [1.29, 1.82) is 0 Å². The van der Waals surface area contributed by atoms with Crippen LogP contribution in [0.4, 0.5) is 0 Å². The molecule has 9 heavy (non-hydrogen) atoms. The maximum atomic E-state index is 10.0. The third-order valence-corrected chi connectivity index (χ3v) is 1.28. The van der Waals surface area contributed by atoms with Gasteiger partial charge in [-0.1, -0.05) is 0 Å². The second kappa shape index (κ2) is 4.36. The summed E-state index contributed by atoms with van der Waals surface area (Å²) in [5.74, 6) is -0.850. The van der Waals surface area contributed by atoms with Crippen molar-refractivity contribution in [1.82, 2.24) is 0 Å². The van der Waals surface area contributed by atoms with Crippen LogP contribution in [-0.4, -0.2) is 27.8 Å². The fraction of sp³-hybridized carbons (Fsp3) is 0.500. The van der Waals surface area contributed by atoms with Gasteiger partial charge in [-0.15, -0.1) is 0 Å². The van der Waals surface area contributed by atoms with Gasteiger partial charge < -0.3 is 7.58 Å². The van der Waals surface area contributed by atoms with Crippen LogP contribution in [0.1, 0.15) is 13.8 Å². The van der Waals surface area contributed by atoms with Crippen molar-refractivity contribution in [2.75, 3.05) is 0 Å². The second-order valence-corrected chi connectivity index (χ2v) is 1.98. The highest BCUT2D eigenvalue weighted by atomic mass is 27.2. The highest BCUT2D eigenvalue weighted by Gasteiger charge is 2.06. The molecule has 0 aromatic carbocycles. The van der Waals surface area contributed by atoms with Crippen LogP contribution in [0.3, 0.4) is 0 Å². The highest BCUT2D eigenvalue weighted by molar-refractivity contribution is 6.25. The van der Waals surface area contributed by atoms with Gasteiger partial charge in [0.2, 0.25) is 0 Å². The van der Waals surface area contributed by atoms with Gasteiger partial charge in [0.05, 0.1) is 0 Å². The van der Waals surface area contributed by atoms with E-state index < -0.39 is 27.8 Å². The Labute approximate surface area is 59.5 Å². The summed E-state index contributed by atoms with van der Waals surface area (Å²) in [6, 6.07) is 0. The van der Waals surface area contributed by atoms with E-state index in [1.54, 1.807) is 0 Å². The van der Waals surface area contributed by atoms with Crippen molar-refractivity contribution in [2.45, 2.75) is 13.8 Å². The molecule has 0 N–H and O–H groups in total. The first-order valence-electron chi connectivity index (χ1n) is 2.29. The fourth-order valence-corrected chi connectivity index (χ4v) is 0.479. The number of carbonyl (C=O) groups is 2. The summed E-state index contributed by atoms with van der Waals surface area (Å²) in [5.41, 5.74) is 0. The Morgan fingerprint density at radius 3 is 1.67 bits per heavy atom. The lowest BCUT2D eigenvalue weighted by molar-refractivity contribution is -0.136. The van der Waals surface area contributed by atoms with Crippen molar-refractivity contribution >= 4 is 27.8 Å². The van der Waals surface area contributed by atoms with Crippen LogP contribution >= 0.6 is 0 Å². The van der Waals surface area contributed by atoms with E-state index in [2.05, 4.69) is 7.58 Å². The maximum absolute atomic E-state index is 10.0. The van der Waals surface area contributed by atoms with Crippen molar-refractivity contribution in [3.05, 3.63) is 0 Å². The molecule has 0 aliphatic heterocycles. The minimum atomic E-state index is -0.944. The van der Waals surface area contributed by atoms with E-state index in [0.29, 0.717) is 0 Å². The molecule has 0 amide bonds. The summed E-state index contributed by atoms with van der Waals surface area (Å²) in [7, 11) is 0. The van der Waals surface area contributed by atoms with Crippen LogP contribution in [0.5, 0.6) is 0 Å². The molecule has 0 aliphatic rings. The third kappa shape index (κ3) is 7.47. The normalized spacial score (nSPS) is 7.78. The fourth-order valence-electron chi connectivity index (χ4n) is 0.160. The van der Waals surface area contributed by atoms with Gasteiger partial charge >= 0.3 is 15.9 Å². The van der Waals surface area contributed by atoms with Crippen LogP contribution in [-0.2, 0) is 17.2 Å². The first-order valence-corrected chi connectivity index (χ1v) is 3.23. The van der Waals surface area contributed by atoms with Gasteiger partial charge in [0.25, 0.3) is 11.9 Å². The minimum absolute atomic E-state index is 0.425. The molecule has 0 fully saturated rings. The summed E-state index contributed by atoms with van der Waals surface area (Å²) in [6.07, 6.45) is 0. The molecule has 1 radical (unpaired) electrons. The molecule has 0 rings (SSSR count). The zero-order valence-electron chi connectivity index (χ0n) is 5.21. The van der Waals surface area contributed by atoms with Gasteiger partial charge in [-0.25, -0.2) is 0 Å². The maximum Gasteiger partial charge on any atom is 0.885 e. The molecule has 0 saturated heterocycles. The molecule has 0 unspecified atom stereocenters. The molecule has 49 valence electrons. The van der Waals surface area contributed by atoms with E-state index >= 15 is 0 Å². The predicted octanol–water partition coefficient (Wildman–Crippen LogP) is -0.353.